The molecule has 0 radical (unpaired) electrons. The molecule has 0 atom stereocenters. The summed E-state index contributed by atoms with van der Waals surface area (Å²) in [4.78, 5) is 51.0. The first kappa shape index (κ1) is 20.3. The van der Waals surface area contributed by atoms with Gasteiger partial charge < -0.3 is 9.47 Å². The average Bonchev–Trinajstić information content (AvgIpc) is 2.94. The van der Waals surface area contributed by atoms with Gasteiger partial charge >= 0.3 is 11.9 Å². The maximum Gasteiger partial charge on any atom is 0.336 e. The molecule has 0 aromatic heterocycles. The maximum absolute atomic E-state index is 13.0. The molecule has 3 rings (SSSR count). The van der Waals surface area contributed by atoms with E-state index in [2.05, 4.69) is 0 Å². The number of hydrazine groups is 1. The van der Waals surface area contributed by atoms with Gasteiger partial charge in [-0.15, -0.1) is 0 Å². The van der Waals surface area contributed by atoms with Crippen LogP contribution in [0.3, 0.4) is 0 Å². The SMILES string of the molecule is CCOC(=O)C1=C(C)N(N2C(=O)c3ccccc3C2=O)C(C)=C(C(=O)OCC)C1. The number of hydrogen-bond donors (Lipinski definition) is 0. The van der Waals surface area contributed by atoms with Gasteiger partial charge in [-0.2, -0.15) is 5.01 Å². The zero-order valence-electron chi connectivity index (χ0n) is 16.8. The summed E-state index contributed by atoms with van der Waals surface area (Å²) < 4.78 is 10.2. The monoisotopic (exact) mass is 398 g/mol. The van der Waals surface area contributed by atoms with Crippen LogP contribution < -0.4 is 0 Å². The number of allylic oxidation sites excluding steroid dienone is 2. The fourth-order valence-electron chi connectivity index (χ4n) is 3.47. The largest absolute Gasteiger partial charge is 0.463 e. The predicted molar refractivity (Wildman–Crippen MR) is 102 cm³/mol. The van der Waals surface area contributed by atoms with Gasteiger partial charge in [0.05, 0.1) is 35.5 Å². The molecule has 29 heavy (non-hydrogen) atoms. The standard InChI is InChI=1S/C21H22N2O6/c1-5-28-20(26)16-11-17(21(27)29-6-2)13(4)22(12(16)3)23-18(24)14-9-7-8-10-15(14)19(23)25/h7-10H,5-6,11H2,1-4H3. The Morgan fingerprint density at radius 1 is 0.828 bits per heavy atom. The van der Waals surface area contributed by atoms with Gasteiger partial charge in [0.2, 0.25) is 0 Å². The lowest BCUT2D eigenvalue weighted by atomic mass is 9.97. The molecule has 0 aliphatic carbocycles. The summed E-state index contributed by atoms with van der Waals surface area (Å²) in [5.41, 5.74) is 1.61. The number of carbonyl (C=O) groups is 4. The third-order valence-corrected chi connectivity index (χ3v) is 4.88. The van der Waals surface area contributed by atoms with E-state index in [1.54, 1.807) is 52.0 Å². The summed E-state index contributed by atoms with van der Waals surface area (Å²) in [6, 6.07) is 6.47. The summed E-state index contributed by atoms with van der Waals surface area (Å²) in [7, 11) is 0. The summed E-state index contributed by atoms with van der Waals surface area (Å²) in [6.45, 7) is 6.88. The van der Waals surface area contributed by atoms with Gasteiger partial charge in [0.25, 0.3) is 11.8 Å². The van der Waals surface area contributed by atoms with Crippen molar-refractivity contribution in [3.63, 3.8) is 0 Å². The molecule has 0 unspecified atom stereocenters. The minimum atomic E-state index is -0.610. The van der Waals surface area contributed by atoms with Crippen LogP contribution in [0, 0.1) is 0 Å². The Hall–Kier alpha value is -3.42. The Kier molecular flexibility index (Phi) is 5.54. The molecule has 1 aromatic rings. The summed E-state index contributed by atoms with van der Waals surface area (Å²) in [6.07, 6.45) is -0.00496. The quantitative estimate of drug-likeness (QED) is 0.556. The van der Waals surface area contributed by atoms with Crippen LogP contribution in [0.2, 0.25) is 0 Å². The second-order valence-corrected chi connectivity index (χ2v) is 6.53. The van der Waals surface area contributed by atoms with Gasteiger partial charge in [0.1, 0.15) is 0 Å². The third-order valence-electron chi connectivity index (χ3n) is 4.88. The number of nitrogens with zero attached hydrogens (tertiary/aromatic N) is 2. The topological polar surface area (TPSA) is 93.2 Å². The summed E-state index contributed by atoms with van der Waals surface area (Å²) >= 11 is 0. The molecule has 0 saturated heterocycles. The first-order valence-electron chi connectivity index (χ1n) is 9.35. The van der Waals surface area contributed by atoms with Gasteiger partial charge in [-0.1, -0.05) is 12.1 Å². The van der Waals surface area contributed by atoms with E-state index < -0.39 is 23.8 Å². The second kappa shape index (κ2) is 7.90. The molecule has 2 aliphatic heterocycles. The lowest BCUT2D eigenvalue weighted by Crippen LogP contribution is -2.47. The van der Waals surface area contributed by atoms with Crippen molar-refractivity contribution in [1.82, 2.24) is 10.0 Å². The molecule has 2 amide bonds. The highest BCUT2D eigenvalue weighted by atomic mass is 16.5. The van der Waals surface area contributed by atoms with Crippen molar-refractivity contribution in [2.75, 3.05) is 13.2 Å². The van der Waals surface area contributed by atoms with Gasteiger partial charge in [0, 0.05) is 17.8 Å². The second-order valence-electron chi connectivity index (χ2n) is 6.53. The molecule has 8 nitrogen and oxygen atoms in total. The van der Waals surface area contributed by atoms with Crippen molar-refractivity contribution in [1.29, 1.82) is 0 Å². The smallest absolute Gasteiger partial charge is 0.336 e. The highest BCUT2D eigenvalue weighted by Crippen LogP contribution is 2.36. The van der Waals surface area contributed by atoms with E-state index in [1.807, 2.05) is 0 Å². The van der Waals surface area contributed by atoms with Crippen molar-refractivity contribution in [3.8, 4) is 0 Å². The average molecular weight is 398 g/mol. The maximum atomic E-state index is 13.0. The number of amides is 2. The Morgan fingerprint density at radius 2 is 1.24 bits per heavy atom. The van der Waals surface area contributed by atoms with E-state index in [1.165, 1.54) is 5.01 Å². The minimum Gasteiger partial charge on any atom is -0.463 e. The zero-order chi connectivity index (χ0) is 21.3. The highest BCUT2D eigenvalue weighted by Gasteiger charge is 2.43. The van der Waals surface area contributed by atoms with Gasteiger partial charge in [-0.25, -0.2) is 9.59 Å². The molecule has 8 heteroatoms. The van der Waals surface area contributed by atoms with Crippen molar-refractivity contribution in [2.24, 2.45) is 0 Å². The Morgan fingerprint density at radius 3 is 1.62 bits per heavy atom. The number of fused-ring (bicyclic) bond motifs is 1. The first-order valence-corrected chi connectivity index (χ1v) is 9.35. The summed E-state index contributed by atoms with van der Waals surface area (Å²) in [5.74, 6) is -2.28. The number of esters is 2. The molecular weight excluding hydrogens is 376 g/mol. The van der Waals surface area contributed by atoms with Gasteiger partial charge in [0.15, 0.2) is 0 Å². The van der Waals surface area contributed by atoms with Crippen molar-refractivity contribution < 1.29 is 28.7 Å². The Balaban J connectivity index is 2.13. The molecule has 0 N–H and O–H groups in total. The highest BCUT2D eigenvalue weighted by molar-refractivity contribution is 6.21. The van der Waals surface area contributed by atoms with Crippen molar-refractivity contribution in [3.05, 3.63) is 57.9 Å². The van der Waals surface area contributed by atoms with Crippen molar-refractivity contribution >= 4 is 23.8 Å². The molecule has 0 fully saturated rings. The Labute approximate surface area is 168 Å². The molecule has 1 aromatic carbocycles. The van der Waals surface area contributed by atoms with E-state index in [0.717, 1.165) is 5.01 Å². The molecular formula is C21H22N2O6. The van der Waals surface area contributed by atoms with Crippen LogP contribution in [0.15, 0.2) is 46.8 Å². The number of rotatable bonds is 5. The van der Waals surface area contributed by atoms with Crippen LogP contribution in [0.1, 0.15) is 54.8 Å². The third kappa shape index (κ3) is 3.30. The number of imide groups is 1. The lowest BCUT2D eigenvalue weighted by molar-refractivity contribution is -0.139. The van der Waals surface area contributed by atoms with Crippen LogP contribution in [0.4, 0.5) is 0 Å². The number of benzene rings is 1. The van der Waals surface area contributed by atoms with Gasteiger partial charge in [-0.05, 0) is 39.8 Å². The Bertz CT molecular complexity index is 900. The van der Waals surface area contributed by atoms with E-state index >= 15 is 0 Å². The van der Waals surface area contributed by atoms with Crippen LogP contribution in [0.25, 0.3) is 0 Å². The summed E-state index contributed by atoms with van der Waals surface area (Å²) in [5, 5.41) is 2.26. The van der Waals surface area contributed by atoms with Crippen LogP contribution in [-0.4, -0.2) is 47.0 Å². The molecule has 152 valence electrons. The molecule has 2 aliphatic rings. The normalized spacial score (nSPS) is 16.4. The van der Waals surface area contributed by atoms with Crippen molar-refractivity contribution in [2.45, 2.75) is 34.1 Å². The predicted octanol–water partition coefficient (Wildman–Crippen LogP) is 2.58. The van der Waals surface area contributed by atoms with E-state index in [4.69, 9.17) is 9.47 Å². The van der Waals surface area contributed by atoms with Crippen LogP contribution in [-0.2, 0) is 19.1 Å². The molecule has 0 saturated carbocycles. The number of ether oxygens (including phenoxy) is 2. The lowest BCUT2D eigenvalue weighted by Gasteiger charge is -2.37. The van der Waals surface area contributed by atoms with E-state index in [-0.39, 0.29) is 41.9 Å². The first-order chi connectivity index (χ1) is 13.8. The fraction of sp³-hybridized carbons (Fsp3) is 0.333. The zero-order valence-corrected chi connectivity index (χ0v) is 16.8. The number of hydrogen-bond acceptors (Lipinski definition) is 7. The van der Waals surface area contributed by atoms with Crippen LogP contribution in [0.5, 0.6) is 0 Å². The minimum absolute atomic E-state index is 0.00496. The molecule has 0 bridgehead atoms. The molecule has 0 spiro atoms. The van der Waals surface area contributed by atoms with E-state index in [0.29, 0.717) is 11.4 Å². The van der Waals surface area contributed by atoms with Crippen LogP contribution >= 0.6 is 0 Å². The van der Waals surface area contributed by atoms with E-state index in [9.17, 15) is 19.2 Å². The number of carbonyl (C=O) groups excluding carboxylic acids is 4. The van der Waals surface area contributed by atoms with Gasteiger partial charge in [-0.3, -0.25) is 14.6 Å². The fourth-order valence-corrected chi connectivity index (χ4v) is 3.47. The molecule has 2 heterocycles.